The first kappa shape index (κ1) is 18.9. The molecule has 5 rings (SSSR count). The highest BCUT2D eigenvalue weighted by Crippen LogP contribution is 2.62. The molecule has 2 aliphatic rings. The molecule has 0 radical (unpaired) electrons. The van der Waals surface area contributed by atoms with Crippen LogP contribution in [0.15, 0.2) is 42.5 Å². The Balaban J connectivity index is 1.90. The summed E-state index contributed by atoms with van der Waals surface area (Å²) in [6.45, 7) is 11.6. The van der Waals surface area contributed by atoms with Crippen molar-refractivity contribution in [2.24, 2.45) is 0 Å². The Labute approximate surface area is 173 Å². The van der Waals surface area contributed by atoms with Gasteiger partial charge in [-0.2, -0.15) is 9.68 Å². The van der Waals surface area contributed by atoms with Gasteiger partial charge in [0.15, 0.2) is 0 Å². The molecule has 5 heteroatoms. The van der Waals surface area contributed by atoms with Crippen molar-refractivity contribution in [2.45, 2.75) is 45.7 Å². The third kappa shape index (κ3) is 2.39. The maximum Gasteiger partial charge on any atom is 0.409 e. The second-order valence-corrected chi connectivity index (χ2v) is 14.5. The predicted molar refractivity (Wildman–Crippen MR) is 118 cm³/mol. The van der Waals surface area contributed by atoms with E-state index in [0.29, 0.717) is 0 Å². The molecule has 3 heterocycles. The van der Waals surface area contributed by atoms with Gasteiger partial charge in [-0.25, -0.2) is 0 Å². The number of quaternary nitrogens is 1. The molecule has 0 bridgehead atoms. The van der Waals surface area contributed by atoms with E-state index in [-0.39, 0.29) is 17.0 Å². The van der Waals surface area contributed by atoms with Crippen molar-refractivity contribution in [3.63, 3.8) is 0 Å². The molecule has 3 aromatic rings. The highest BCUT2D eigenvalue weighted by atomic mass is 28.3. The highest BCUT2D eigenvalue weighted by Gasteiger charge is 2.84. The van der Waals surface area contributed by atoms with Crippen LogP contribution < -0.4 is 9.75 Å². The Kier molecular flexibility index (Phi) is 3.91. The van der Waals surface area contributed by atoms with E-state index in [1.807, 2.05) is 0 Å². The van der Waals surface area contributed by atoms with Gasteiger partial charge >= 0.3 is 12.2 Å². The standard InChI is InChI=1S/C24H30N2O2Si/c1-15-13-16(2)22-18(14-15)20-12-11-17-19(9-8-10-21(17)29(5,6)7)25(20)24-23(22)26(24,27-3)28-4/h8-14,23-24H,1-7H3/q+2. The van der Waals surface area contributed by atoms with Gasteiger partial charge in [0.25, 0.3) is 0 Å². The van der Waals surface area contributed by atoms with Crippen molar-refractivity contribution in [2.75, 3.05) is 14.2 Å². The predicted octanol–water partition coefficient (Wildman–Crippen LogP) is 4.46. The lowest BCUT2D eigenvalue weighted by Gasteiger charge is -2.19. The summed E-state index contributed by atoms with van der Waals surface area (Å²) in [6.07, 6.45) is 0.0921. The zero-order valence-corrected chi connectivity index (χ0v) is 19.4. The van der Waals surface area contributed by atoms with Crippen LogP contribution in [-0.2, 0) is 9.68 Å². The van der Waals surface area contributed by atoms with Crippen LogP contribution in [0.1, 0.15) is 28.9 Å². The molecule has 4 nitrogen and oxygen atoms in total. The van der Waals surface area contributed by atoms with Gasteiger partial charge in [-0.3, -0.25) is 0 Å². The normalized spacial score (nSPS) is 21.5. The number of hydroxylamine groups is 4. The summed E-state index contributed by atoms with van der Waals surface area (Å²) >= 11 is 0. The Morgan fingerprint density at radius 3 is 2.34 bits per heavy atom. The van der Waals surface area contributed by atoms with Crippen LogP contribution in [0.3, 0.4) is 0 Å². The zero-order chi connectivity index (χ0) is 20.7. The fraction of sp³-hybridized carbons (Fsp3) is 0.375. The Bertz CT molecular complexity index is 1160. The van der Waals surface area contributed by atoms with Crippen molar-refractivity contribution in [1.82, 2.24) is 0 Å². The molecular weight excluding hydrogens is 376 g/mol. The van der Waals surface area contributed by atoms with E-state index in [9.17, 15) is 0 Å². The quantitative estimate of drug-likeness (QED) is 0.277. The van der Waals surface area contributed by atoms with E-state index >= 15 is 0 Å². The fourth-order valence-electron chi connectivity index (χ4n) is 5.49. The summed E-state index contributed by atoms with van der Waals surface area (Å²) < 4.78 is 2.47. The molecule has 1 fully saturated rings. The van der Waals surface area contributed by atoms with Gasteiger partial charge < -0.3 is 0 Å². The SMILES string of the molecule is CO[N+]1(OC)C2c3c(C)cc(C)cc3-c3ccc4c([Si](C)(C)C)cccc4[n+]3C21. The molecule has 0 N–H and O–H groups in total. The van der Waals surface area contributed by atoms with Crippen LogP contribution in [0, 0.1) is 13.8 Å². The first-order chi connectivity index (χ1) is 13.7. The number of rotatable bonds is 3. The molecule has 150 valence electrons. The maximum absolute atomic E-state index is 5.99. The minimum Gasteiger partial charge on any atom is -0.164 e. The summed E-state index contributed by atoms with van der Waals surface area (Å²) in [7, 11) is 2.03. The molecule has 2 aromatic carbocycles. The monoisotopic (exact) mass is 406 g/mol. The van der Waals surface area contributed by atoms with E-state index < -0.39 is 8.07 Å². The second-order valence-electron chi connectivity index (χ2n) is 9.49. The lowest BCUT2D eigenvalue weighted by molar-refractivity contribution is -1.21. The number of fused-ring (bicyclic) bond motifs is 8. The molecule has 0 spiro atoms. The minimum absolute atomic E-state index is 0.0921. The summed E-state index contributed by atoms with van der Waals surface area (Å²) in [6, 6.07) is 16.2. The van der Waals surface area contributed by atoms with E-state index in [2.05, 4.69) is 80.5 Å². The van der Waals surface area contributed by atoms with Crippen molar-refractivity contribution in [1.29, 1.82) is 0 Å². The second kappa shape index (κ2) is 5.98. The number of nitrogens with zero attached hydrogens (tertiary/aromatic N) is 2. The third-order valence-electron chi connectivity index (χ3n) is 6.71. The summed E-state index contributed by atoms with van der Waals surface area (Å²) in [5.74, 6) is 0. The molecular formula is C24H30N2O2Si+2. The molecule has 2 aliphatic heterocycles. The van der Waals surface area contributed by atoms with Gasteiger partial charge in [0.05, 0.1) is 27.9 Å². The van der Waals surface area contributed by atoms with Crippen LogP contribution in [0.25, 0.3) is 22.2 Å². The largest absolute Gasteiger partial charge is 0.409 e. The molecule has 2 unspecified atom stereocenters. The van der Waals surface area contributed by atoms with Gasteiger partial charge in [0.1, 0.15) is 0 Å². The van der Waals surface area contributed by atoms with Gasteiger partial charge in [0.2, 0.25) is 11.2 Å². The van der Waals surface area contributed by atoms with Crippen LogP contribution in [0.2, 0.25) is 19.6 Å². The fourth-order valence-corrected chi connectivity index (χ4v) is 7.10. The van der Waals surface area contributed by atoms with Gasteiger partial charge in [-0.15, -0.1) is 4.57 Å². The van der Waals surface area contributed by atoms with E-state index in [1.165, 1.54) is 44.0 Å². The average Bonchev–Trinajstić information content (AvgIpc) is 3.34. The maximum atomic E-state index is 5.99. The van der Waals surface area contributed by atoms with Gasteiger partial charge in [-0.1, -0.05) is 37.8 Å². The van der Waals surface area contributed by atoms with Crippen molar-refractivity contribution in [3.8, 4) is 11.3 Å². The van der Waals surface area contributed by atoms with E-state index in [0.717, 1.165) is 0 Å². The Hall–Kier alpha value is -2.05. The number of hydrogen-bond acceptors (Lipinski definition) is 2. The number of benzene rings is 2. The minimum atomic E-state index is -1.47. The molecule has 2 atom stereocenters. The van der Waals surface area contributed by atoms with Crippen molar-refractivity contribution < 1.29 is 19.1 Å². The highest BCUT2D eigenvalue weighted by molar-refractivity contribution is 6.90. The summed E-state index contributed by atoms with van der Waals surface area (Å²) in [5, 5.41) is 2.86. The van der Waals surface area contributed by atoms with Crippen LogP contribution >= 0.6 is 0 Å². The molecule has 29 heavy (non-hydrogen) atoms. The van der Waals surface area contributed by atoms with Crippen molar-refractivity contribution in [3.05, 3.63) is 59.2 Å². The smallest absolute Gasteiger partial charge is 0.164 e. The molecule has 0 aliphatic carbocycles. The van der Waals surface area contributed by atoms with Gasteiger partial charge in [-0.05, 0) is 42.3 Å². The Morgan fingerprint density at radius 2 is 1.69 bits per heavy atom. The number of aryl methyl sites for hydroxylation is 2. The molecule has 1 aromatic heterocycles. The Morgan fingerprint density at radius 1 is 0.966 bits per heavy atom. The third-order valence-corrected chi connectivity index (χ3v) is 8.76. The number of pyridine rings is 1. The lowest BCUT2D eigenvalue weighted by Crippen LogP contribution is -2.45. The number of aromatic nitrogens is 1. The van der Waals surface area contributed by atoms with Crippen molar-refractivity contribution >= 4 is 24.2 Å². The lowest BCUT2D eigenvalue weighted by atomic mass is 9.90. The van der Waals surface area contributed by atoms with Crippen LogP contribution in [0.4, 0.5) is 0 Å². The zero-order valence-electron chi connectivity index (χ0n) is 18.4. The first-order valence-electron chi connectivity index (χ1n) is 10.3. The number of hydrogen-bond donors (Lipinski definition) is 0. The summed E-state index contributed by atoms with van der Waals surface area (Å²) in [4.78, 5) is 12.2. The van der Waals surface area contributed by atoms with Crippen LogP contribution in [-0.4, -0.2) is 27.1 Å². The van der Waals surface area contributed by atoms with E-state index in [1.54, 1.807) is 14.2 Å². The first-order valence-corrected chi connectivity index (χ1v) is 13.8. The molecule has 1 saturated heterocycles. The molecule has 0 saturated carbocycles. The molecule has 0 amide bonds. The van der Waals surface area contributed by atoms with E-state index in [4.69, 9.17) is 9.68 Å². The van der Waals surface area contributed by atoms with Crippen LogP contribution in [0.5, 0.6) is 0 Å². The van der Waals surface area contributed by atoms with Gasteiger partial charge in [0, 0.05) is 27.9 Å². The summed E-state index contributed by atoms with van der Waals surface area (Å²) in [5.41, 5.74) is 7.78. The topological polar surface area (TPSA) is 22.3 Å². The average molecular weight is 407 g/mol.